The summed E-state index contributed by atoms with van der Waals surface area (Å²) in [6, 6.07) is 18.0. The number of fused-ring (bicyclic) bond motifs is 1. The van der Waals surface area contributed by atoms with Crippen molar-refractivity contribution >= 4 is 42.6 Å². The van der Waals surface area contributed by atoms with E-state index in [1.807, 2.05) is 25.1 Å². The number of piperidine rings is 1. The van der Waals surface area contributed by atoms with E-state index >= 15 is 0 Å². The van der Waals surface area contributed by atoms with E-state index in [2.05, 4.69) is 6.07 Å². The molecule has 3 heterocycles. The van der Waals surface area contributed by atoms with Gasteiger partial charge in [-0.05, 0) is 61.7 Å². The summed E-state index contributed by atoms with van der Waals surface area (Å²) in [5.74, 6) is 0.0458. The molecule has 5 rings (SSSR count). The van der Waals surface area contributed by atoms with Crippen LogP contribution in [0.4, 0.5) is 5.13 Å². The Bertz CT molecular complexity index is 1400. The zero-order valence-corrected chi connectivity index (χ0v) is 20.4. The molecular weight excluding hydrogens is 470 g/mol. The molecule has 1 fully saturated rings. The van der Waals surface area contributed by atoms with E-state index in [1.54, 1.807) is 47.6 Å². The zero-order chi connectivity index (χ0) is 23.7. The lowest BCUT2D eigenvalue weighted by Gasteiger charge is -2.33. The molecule has 2 aromatic carbocycles. The number of furan rings is 1. The maximum Gasteiger partial charge on any atom is 0.243 e. The predicted molar refractivity (Wildman–Crippen MR) is 132 cm³/mol. The first-order valence-corrected chi connectivity index (χ1v) is 13.4. The van der Waals surface area contributed by atoms with Crippen LogP contribution in [0.3, 0.4) is 0 Å². The molecule has 0 radical (unpaired) electrons. The largest absolute Gasteiger partial charge is 0.467 e. The van der Waals surface area contributed by atoms with Crippen molar-refractivity contribution in [2.24, 2.45) is 5.92 Å². The molecule has 0 N–H and O–H groups in total. The van der Waals surface area contributed by atoms with Gasteiger partial charge < -0.3 is 4.42 Å². The highest BCUT2D eigenvalue weighted by molar-refractivity contribution is 7.89. The van der Waals surface area contributed by atoms with E-state index in [4.69, 9.17) is 9.40 Å². The van der Waals surface area contributed by atoms with E-state index in [9.17, 15) is 13.2 Å². The monoisotopic (exact) mass is 495 g/mol. The second-order valence-electron chi connectivity index (χ2n) is 8.49. The molecule has 1 amide bonds. The summed E-state index contributed by atoms with van der Waals surface area (Å²) in [4.78, 5) is 20.4. The maximum atomic E-state index is 13.8. The first-order valence-electron chi connectivity index (χ1n) is 11.2. The van der Waals surface area contributed by atoms with Crippen molar-refractivity contribution in [1.29, 1.82) is 0 Å². The van der Waals surface area contributed by atoms with Gasteiger partial charge in [0.25, 0.3) is 0 Å². The van der Waals surface area contributed by atoms with Crippen LogP contribution in [0.1, 0.15) is 24.2 Å². The molecule has 0 aliphatic carbocycles. The highest BCUT2D eigenvalue weighted by Gasteiger charge is 2.36. The Morgan fingerprint density at radius 3 is 2.76 bits per heavy atom. The Hall–Kier alpha value is -3.01. The molecule has 1 unspecified atom stereocenters. The summed E-state index contributed by atoms with van der Waals surface area (Å²) < 4.78 is 34.3. The lowest BCUT2D eigenvalue weighted by Crippen LogP contribution is -2.46. The molecule has 1 atom stereocenters. The molecule has 34 heavy (non-hydrogen) atoms. The summed E-state index contributed by atoms with van der Waals surface area (Å²) in [5, 5.41) is 0.588. The average Bonchev–Trinajstić information content (AvgIpc) is 3.52. The number of thiazole rings is 1. The number of amides is 1. The van der Waals surface area contributed by atoms with E-state index in [-0.39, 0.29) is 23.9 Å². The fourth-order valence-corrected chi connectivity index (χ4v) is 6.87. The molecule has 0 bridgehead atoms. The highest BCUT2D eigenvalue weighted by atomic mass is 32.2. The Labute approximate surface area is 202 Å². The Morgan fingerprint density at radius 2 is 2.00 bits per heavy atom. The molecule has 4 aromatic rings. The third-order valence-corrected chi connectivity index (χ3v) is 8.96. The van der Waals surface area contributed by atoms with Crippen LogP contribution in [-0.2, 0) is 21.4 Å². The third-order valence-electron chi connectivity index (χ3n) is 6.04. The minimum Gasteiger partial charge on any atom is -0.467 e. The van der Waals surface area contributed by atoms with Gasteiger partial charge in [0.2, 0.25) is 15.9 Å². The summed E-state index contributed by atoms with van der Waals surface area (Å²) in [6.07, 6.45) is 2.82. The number of aryl methyl sites for hydroxylation is 1. The van der Waals surface area contributed by atoms with Crippen LogP contribution in [0.15, 0.2) is 76.2 Å². The zero-order valence-electron chi connectivity index (χ0n) is 18.8. The van der Waals surface area contributed by atoms with Gasteiger partial charge in [0, 0.05) is 13.1 Å². The molecular formula is C25H25N3O4S2. The molecule has 2 aromatic heterocycles. The minimum atomic E-state index is -3.66. The number of nitrogens with zero attached hydrogens (tertiary/aromatic N) is 3. The second kappa shape index (κ2) is 9.32. The van der Waals surface area contributed by atoms with Gasteiger partial charge >= 0.3 is 0 Å². The number of sulfonamides is 1. The van der Waals surface area contributed by atoms with Crippen LogP contribution in [0.2, 0.25) is 0 Å². The molecule has 1 aliphatic heterocycles. The lowest BCUT2D eigenvalue weighted by atomic mass is 9.98. The number of benzene rings is 2. The smallest absolute Gasteiger partial charge is 0.243 e. The Kier molecular flexibility index (Phi) is 6.24. The Morgan fingerprint density at radius 1 is 1.18 bits per heavy atom. The number of carbonyl (C=O) groups excluding carboxylic acids is 1. The summed E-state index contributed by atoms with van der Waals surface area (Å²) in [7, 11) is -3.66. The number of hydrogen-bond donors (Lipinski definition) is 0. The third kappa shape index (κ3) is 4.51. The number of rotatable bonds is 6. The van der Waals surface area contributed by atoms with Crippen LogP contribution in [0.25, 0.3) is 10.2 Å². The van der Waals surface area contributed by atoms with Crippen LogP contribution < -0.4 is 4.90 Å². The van der Waals surface area contributed by atoms with Gasteiger partial charge in [-0.1, -0.05) is 35.6 Å². The first-order chi connectivity index (χ1) is 16.4. The number of aromatic nitrogens is 1. The minimum absolute atomic E-state index is 0.139. The highest BCUT2D eigenvalue weighted by Crippen LogP contribution is 2.33. The van der Waals surface area contributed by atoms with Crippen LogP contribution in [-0.4, -0.2) is 36.7 Å². The van der Waals surface area contributed by atoms with Crippen molar-refractivity contribution in [1.82, 2.24) is 9.29 Å². The predicted octanol–water partition coefficient (Wildman–Crippen LogP) is 4.83. The first kappa shape index (κ1) is 22.8. The summed E-state index contributed by atoms with van der Waals surface area (Å²) in [6.45, 7) is 2.81. The number of anilines is 1. The van der Waals surface area contributed by atoms with Gasteiger partial charge in [0.15, 0.2) is 5.13 Å². The SMILES string of the molecule is Cc1ccc2nc(N(Cc3ccco3)C(=O)C3CCCN(S(=O)(=O)c4ccccc4)C3)sc2c1. The van der Waals surface area contributed by atoms with Crippen molar-refractivity contribution in [3.8, 4) is 0 Å². The van der Waals surface area contributed by atoms with Gasteiger partial charge in [-0.2, -0.15) is 4.31 Å². The number of carbonyl (C=O) groups is 1. The van der Waals surface area contributed by atoms with Gasteiger partial charge in [0.1, 0.15) is 5.76 Å². The maximum absolute atomic E-state index is 13.8. The summed E-state index contributed by atoms with van der Waals surface area (Å²) in [5.41, 5.74) is 1.96. The fourth-order valence-electron chi connectivity index (χ4n) is 4.26. The van der Waals surface area contributed by atoms with Crippen molar-refractivity contribution in [2.75, 3.05) is 18.0 Å². The molecule has 176 valence electrons. The molecule has 1 aliphatic rings. The van der Waals surface area contributed by atoms with Gasteiger partial charge in [-0.25, -0.2) is 13.4 Å². The lowest BCUT2D eigenvalue weighted by molar-refractivity contribution is -0.123. The molecule has 0 spiro atoms. The molecule has 1 saturated heterocycles. The van der Waals surface area contributed by atoms with Crippen molar-refractivity contribution in [2.45, 2.75) is 31.2 Å². The molecule has 0 saturated carbocycles. The van der Waals surface area contributed by atoms with E-state index in [0.29, 0.717) is 30.3 Å². The quantitative estimate of drug-likeness (QED) is 0.383. The standard InChI is InChI=1S/C25H25N3O4S2/c1-18-11-12-22-23(15-18)33-25(26-22)28(17-20-8-6-14-32-20)24(29)19-7-5-13-27(16-19)34(30,31)21-9-3-2-4-10-21/h2-4,6,8-12,14-15,19H,5,7,13,16-17H2,1H3. The van der Waals surface area contributed by atoms with Gasteiger partial charge in [0.05, 0.1) is 33.8 Å². The summed E-state index contributed by atoms with van der Waals surface area (Å²) >= 11 is 1.46. The van der Waals surface area contributed by atoms with E-state index in [0.717, 1.165) is 15.8 Å². The fraction of sp³-hybridized carbons (Fsp3) is 0.280. The normalized spacial score (nSPS) is 17.1. The second-order valence-corrected chi connectivity index (χ2v) is 11.4. The van der Waals surface area contributed by atoms with Crippen LogP contribution in [0, 0.1) is 12.8 Å². The Balaban J connectivity index is 1.44. The van der Waals surface area contributed by atoms with Gasteiger partial charge in [-0.3, -0.25) is 9.69 Å². The van der Waals surface area contributed by atoms with Crippen LogP contribution in [0.5, 0.6) is 0 Å². The van der Waals surface area contributed by atoms with Gasteiger partial charge in [-0.15, -0.1) is 0 Å². The molecule has 7 nitrogen and oxygen atoms in total. The van der Waals surface area contributed by atoms with Crippen molar-refractivity contribution in [3.05, 3.63) is 78.3 Å². The topological polar surface area (TPSA) is 83.7 Å². The number of hydrogen-bond acceptors (Lipinski definition) is 6. The average molecular weight is 496 g/mol. The van der Waals surface area contributed by atoms with E-state index < -0.39 is 15.9 Å². The van der Waals surface area contributed by atoms with Crippen LogP contribution >= 0.6 is 11.3 Å². The molecule has 9 heteroatoms. The van der Waals surface area contributed by atoms with Crippen molar-refractivity contribution in [3.63, 3.8) is 0 Å². The van der Waals surface area contributed by atoms with E-state index in [1.165, 1.54) is 15.6 Å². The van der Waals surface area contributed by atoms with Crippen molar-refractivity contribution < 1.29 is 17.6 Å².